The number of urea groups is 1. The number of carbonyl (C=O) groups is 2. The lowest BCUT2D eigenvalue weighted by atomic mass is 10.1. The Bertz CT molecular complexity index is 542. The van der Waals surface area contributed by atoms with Crippen LogP contribution in [0.1, 0.15) is 25.0 Å². The van der Waals surface area contributed by atoms with Gasteiger partial charge in [0.1, 0.15) is 5.54 Å². The number of carbonyl (C=O) groups excluding carboxylic acids is 1. The Morgan fingerprint density at radius 2 is 1.76 bits per heavy atom. The van der Waals surface area contributed by atoms with E-state index in [-0.39, 0.29) is 12.1 Å². The Kier molecular flexibility index (Phi) is 4.82. The van der Waals surface area contributed by atoms with Crippen LogP contribution in [0.25, 0.3) is 0 Å². The van der Waals surface area contributed by atoms with Crippen LogP contribution in [0.2, 0.25) is 0 Å². The first-order valence-electron chi connectivity index (χ1n) is 5.98. The van der Waals surface area contributed by atoms with Crippen LogP contribution < -0.4 is 10.6 Å². The van der Waals surface area contributed by atoms with Gasteiger partial charge in [-0.2, -0.15) is 13.2 Å². The number of hydrogen-bond donors (Lipinski definition) is 3. The molecule has 0 saturated heterocycles. The van der Waals surface area contributed by atoms with Gasteiger partial charge in [-0.3, -0.25) is 0 Å². The molecule has 1 aromatic carbocycles. The largest absolute Gasteiger partial charge is 0.480 e. The Morgan fingerprint density at radius 3 is 2.29 bits per heavy atom. The molecule has 3 N–H and O–H groups in total. The highest BCUT2D eigenvalue weighted by Crippen LogP contribution is 2.31. The number of benzene rings is 1. The standard InChI is InChI=1S/C13H15F3N2O3/c1-12(2,10(19)20)18-11(21)17-7-8-5-3-4-6-9(8)13(14,15)16/h3-6H,7H2,1-2H3,(H,19,20)(H2,17,18,21). The van der Waals surface area contributed by atoms with Gasteiger partial charge in [-0.25, -0.2) is 9.59 Å². The fourth-order valence-corrected chi connectivity index (χ4v) is 1.51. The molecule has 0 bridgehead atoms. The fourth-order valence-electron chi connectivity index (χ4n) is 1.51. The molecule has 0 fully saturated rings. The second kappa shape index (κ2) is 6.02. The van der Waals surface area contributed by atoms with E-state index < -0.39 is 29.3 Å². The summed E-state index contributed by atoms with van der Waals surface area (Å²) in [5.41, 5.74) is -2.47. The minimum atomic E-state index is -4.52. The first kappa shape index (κ1) is 16.8. The zero-order chi connectivity index (χ0) is 16.3. The number of rotatable bonds is 4. The summed E-state index contributed by atoms with van der Waals surface area (Å²) in [6.45, 7) is 2.16. The fraction of sp³-hybridized carbons (Fsp3) is 0.385. The van der Waals surface area contributed by atoms with Crippen molar-refractivity contribution in [2.75, 3.05) is 0 Å². The van der Waals surface area contributed by atoms with Gasteiger partial charge in [-0.05, 0) is 25.5 Å². The Balaban J connectivity index is 2.73. The molecule has 0 aromatic heterocycles. The van der Waals surface area contributed by atoms with E-state index in [1.54, 1.807) is 0 Å². The number of carboxylic acid groups (broad SMARTS) is 1. The molecule has 21 heavy (non-hydrogen) atoms. The molecule has 0 atom stereocenters. The predicted molar refractivity (Wildman–Crippen MR) is 68.5 cm³/mol. The maximum absolute atomic E-state index is 12.7. The van der Waals surface area contributed by atoms with Gasteiger partial charge in [-0.15, -0.1) is 0 Å². The first-order chi connectivity index (χ1) is 9.54. The van der Waals surface area contributed by atoms with E-state index in [0.717, 1.165) is 6.07 Å². The highest BCUT2D eigenvalue weighted by Gasteiger charge is 2.33. The Labute approximate surface area is 119 Å². The molecule has 0 unspecified atom stereocenters. The number of nitrogens with one attached hydrogen (secondary N) is 2. The summed E-state index contributed by atoms with van der Waals surface area (Å²) in [6, 6.07) is 3.96. The van der Waals surface area contributed by atoms with Gasteiger partial charge in [0, 0.05) is 6.54 Å². The van der Waals surface area contributed by atoms with Gasteiger partial charge < -0.3 is 15.7 Å². The molecule has 2 amide bonds. The topological polar surface area (TPSA) is 78.4 Å². The lowest BCUT2D eigenvalue weighted by Crippen LogP contribution is -2.53. The minimum absolute atomic E-state index is 0.103. The predicted octanol–water partition coefficient (Wildman–Crippen LogP) is 2.37. The van der Waals surface area contributed by atoms with Gasteiger partial charge in [0.15, 0.2) is 0 Å². The van der Waals surface area contributed by atoms with Crippen LogP contribution in [0.15, 0.2) is 24.3 Å². The van der Waals surface area contributed by atoms with E-state index >= 15 is 0 Å². The van der Waals surface area contributed by atoms with Crippen molar-refractivity contribution in [1.29, 1.82) is 0 Å². The van der Waals surface area contributed by atoms with Crippen molar-refractivity contribution in [3.63, 3.8) is 0 Å². The maximum atomic E-state index is 12.7. The third-order valence-corrected chi connectivity index (χ3v) is 2.72. The maximum Gasteiger partial charge on any atom is 0.416 e. The summed E-state index contributed by atoms with van der Waals surface area (Å²) in [6.07, 6.45) is -4.52. The zero-order valence-corrected chi connectivity index (χ0v) is 11.4. The van der Waals surface area contributed by atoms with Crippen molar-refractivity contribution in [3.05, 3.63) is 35.4 Å². The average molecular weight is 304 g/mol. The summed E-state index contributed by atoms with van der Waals surface area (Å²) in [5, 5.41) is 13.2. The third kappa shape index (κ3) is 4.66. The summed E-state index contributed by atoms with van der Waals surface area (Å²) in [7, 11) is 0. The molecule has 0 spiro atoms. The summed E-state index contributed by atoms with van der Waals surface area (Å²) in [4.78, 5) is 22.4. The van der Waals surface area contributed by atoms with Crippen molar-refractivity contribution in [1.82, 2.24) is 10.6 Å². The van der Waals surface area contributed by atoms with Crippen LogP contribution in [-0.4, -0.2) is 22.6 Å². The summed E-state index contributed by atoms with van der Waals surface area (Å²) < 4.78 is 38.2. The van der Waals surface area contributed by atoms with Gasteiger partial charge in [0.05, 0.1) is 5.56 Å². The number of amides is 2. The van der Waals surface area contributed by atoms with Crippen molar-refractivity contribution in [2.24, 2.45) is 0 Å². The number of alkyl halides is 3. The van der Waals surface area contributed by atoms with Crippen molar-refractivity contribution >= 4 is 12.0 Å². The number of carboxylic acids is 1. The molecule has 0 saturated carbocycles. The molecule has 0 aliphatic carbocycles. The molecule has 1 rings (SSSR count). The van der Waals surface area contributed by atoms with Gasteiger partial charge in [-0.1, -0.05) is 18.2 Å². The van der Waals surface area contributed by atoms with Crippen molar-refractivity contribution < 1.29 is 27.9 Å². The van der Waals surface area contributed by atoms with E-state index in [4.69, 9.17) is 5.11 Å². The summed E-state index contributed by atoms with van der Waals surface area (Å²) in [5.74, 6) is -1.26. The second-order valence-corrected chi connectivity index (χ2v) is 4.89. The first-order valence-corrected chi connectivity index (χ1v) is 5.98. The zero-order valence-electron chi connectivity index (χ0n) is 11.4. The van der Waals surface area contributed by atoms with Gasteiger partial charge in [0.2, 0.25) is 0 Å². The smallest absolute Gasteiger partial charge is 0.416 e. The Morgan fingerprint density at radius 1 is 1.19 bits per heavy atom. The molecule has 0 heterocycles. The molecular weight excluding hydrogens is 289 g/mol. The van der Waals surface area contributed by atoms with Crippen LogP contribution in [0, 0.1) is 0 Å². The van der Waals surface area contributed by atoms with E-state index in [1.165, 1.54) is 32.0 Å². The van der Waals surface area contributed by atoms with Gasteiger partial charge in [0.25, 0.3) is 0 Å². The quantitative estimate of drug-likeness (QED) is 0.799. The van der Waals surface area contributed by atoms with Crippen LogP contribution in [0.3, 0.4) is 0 Å². The highest BCUT2D eigenvalue weighted by molar-refractivity contribution is 5.85. The normalized spacial score (nSPS) is 11.9. The van der Waals surface area contributed by atoms with E-state index in [9.17, 15) is 22.8 Å². The SMILES string of the molecule is CC(C)(NC(=O)NCc1ccccc1C(F)(F)F)C(=O)O. The monoisotopic (exact) mass is 304 g/mol. The lowest BCUT2D eigenvalue weighted by Gasteiger charge is -2.21. The highest BCUT2D eigenvalue weighted by atomic mass is 19.4. The third-order valence-electron chi connectivity index (χ3n) is 2.72. The molecule has 1 aromatic rings. The minimum Gasteiger partial charge on any atom is -0.480 e. The van der Waals surface area contributed by atoms with E-state index in [1.807, 2.05) is 0 Å². The summed E-state index contributed by atoms with van der Waals surface area (Å²) >= 11 is 0. The van der Waals surface area contributed by atoms with Crippen LogP contribution in [-0.2, 0) is 17.5 Å². The molecule has 0 radical (unpaired) electrons. The van der Waals surface area contributed by atoms with E-state index in [0.29, 0.717) is 0 Å². The lowest BCUT2D eigenvalue weighted by molar-refractivity contribution is -0.143. The second-order valence-electron chi connectivity index (χ2n) is 4.89. The van der Waals surface area contributed by atoms with Crippen molar-refractivity contribution in [3.8, 4) is 0 Å². The van der Waals surface area contributed by atoms with Crippen LogP contribution in [0.4, 0.5) is 18.0 Å². The number of aliphatic carboxylic acids is 1. The number of halogens is 3. The molecule has 0 aliphatic rings. The molecule has 116 valence electrons. The van der Waals surface area contributed by atoms with Gasteiger partial charge >= 0.3 is 18.2 Å². The average Bonchev–Trinajstić information content (AvgIpc) is 2.35. The van der Waals surface area contributed by atoms with Crippen LogP contribution in [0.5, 0.6) is 0 Å². The van der Waals surface area contributed by atoms with Crippen LogP contribution >= 0.6 is 0 Å². The molecule has 5 nitrogen and oxygen atoms in total. The van der Waals surface area contributed by atoms with Crippen molar-refractivity contribution in [2.45, 2.75) is 32.1 Å². The Hall–Kier alpha value is -2.25. The van der Waals surface area contributed by atoms with E-state index in [2.05, 4.69) is 10.6 Å². The molecular formula is C13H15F3N2O3. The molecule has 0 aliphatic heterocycles. The number of hydrogen-bond acceptors (Lipinski definition) is 2. The molecule has 8 heteroatoms.